The molecule has 1 aromatic carbocycles. The molecule has 1 fully saturated rings. The van der Waals surface area contributed by atoms with E-state index in [4.69, 9.17) is 22.1 Å². The Labute approximate surface area is 123 Å². The molecule has 0 amide bonds. The van der Waals surface area contributed by atoms with E-state index in [-0.39, 0.29) is 6.04 Å². The minimum Gasteiger partial charge on any atom is -0.381 e. The summed E-state index contributed by atoms with van der Waals surface area (Å²) in [5.41, 5.74) is 9.41. The van der Waals surface area contributed by atoms with E-state index in [9.17, 15) is 0 Å². The van der Waals surface area contributed by atoms with E-state index >= 15 is 0 Å². The maximum absolute atomic E-state index is 6.38. The van der Waals surface area contributed by atoms with Gasteiger partial charge in [-0.3, -0.25) is 0 Å². The lowest BCUT2D eigenvalue weighted by molar-refractivity contribution is 0.180. The number of aryl methyl sites for hydroxylation is 1. The second-order valence-corrected chi connectivity index (χ2v) is 5.70. The average molecular weight is 292 g/mol. The van der Waals surface area contributed by atoms with Crippen molar-refractivity contribution in [2.75, 3.05) is 13.2 Å². The number of ether oxygens (including phenoxy) is 1. The Morgan fingerprint density at radius 1 is 1.50 bits per heavy atom. The summed E-state index contributed by atoms with van der Waals surface area (Å²) in [5.74, 6) is 0.342. The van der Waals surface area contributed by atoms with E-state index in [0.29, 0.717) is 17.5 Å². The zero-order valence-corrected chi connectivity index (χ0v) is 12.2. The van der Waals surface area contributed by atoms with Gasteiger partial charge in [-0.05, 0) is 31.0 Å². The number of benzene rings is 1. The number of aromatic nitrogens is 2. The van der Waals surface area contributed by atoms with E-state index in [0.717, 1.165) is 30.0 Å². The maximum Gasteiger partial charge on any atom is 0.0995 e. The first kappa shape index (κ1) is 13.6. The van der Waals surface area contributed by atoms with Gasteiger partial charge in [0.25, 0.3) is 0 Å². The SMILES string of the molecule is Cc1ccc(-n2cncc2C(N)C2CCOC2)c(Cl)c1. The summed E-state index contributed by atoms with van der Waals surface area (Å²) < 4.78 is 7.40. The molecule has 3 rings (SSSR count). The van der Waals surface area contributed by atoms with Crippen LogP contribution in [0.25, 0.3) is 5.69 Å². The van der Waals surface area contributed by atoms with E-state index in [2.05, 4.69) is 4.98 Å². The second-order valence-electron chi connectivity index (χ2n) is 5.29. The summed E-state index contributed by atoms with van der Waals surface area (Å²) in [7, 11) is 0. The van der Waals surface area contributed by atoms with Crippen LogP contribution >= 0.6 is 11.6 Å². The smallest absolute Gasteiger partial charge is 0.0995 e. The van der Waals surface area contributed by atoms with Crippen molar-refractivity contribution in [1.82, 2.24) is 9.55 Å². The molecule has 5 heteroatoms. The van der Waals surface area contributed by atoms with Crippen molar-refractivity contribution in [3.05, 3.63) is 47.0 Å². The van der Waals surface area contributed by atoms with Crippen molar-refractivity contribution >= 4 is 11.6 Å². The van der Waals surface area contributed by atoms with Gasteiger partial charge in [-0.2, -0.15) is 0 Å². The van der Waals surface area contributed by atoms with Crippen LogP contribution in [-0.2, 0) is 4.74 Å². The Kier molecular flexibility index (Phi) is 3.78. The van der Waals surface area contributed by atoms with Gasteiger partial charge < -0.3 is 15.0 Å². The molecule has 0 spiro atoms. The van der Waals surface area contributed by atoms with E-state index in [1.54, 1.807) is 6.33 Å². The quantitative estimate of drug-likeness (QED) is 0.946. The largest absolute Gasteiger partial charge is 0.381 e. The number of imidazole rings is 1. The van der Waals surface area contributed by atoms with Gasteiger partial charge in [-0.25, -0.2) is 4.98 Å². The van der Waals surface area contributed by atoms with Gasteiger partial charge in [0.1, 0.15) is 0 Å². The zero-order chi connectivity index (χ0) is 14.1. The number of hydrogen-bond donors (Lipinski definition) is 1. The van der Waals surface area contributed by atoms with Gasteiger partial charge in [0.05, 0.1) is 41.6 Å². The molecule has 4 nitrogen and oxygen atoms in total. The summed E-state index contributed by atoms with van der Waals surface area (Å²) >= 11 is 6.34. The molecule has 0 saturated carbocycles. The lowest BCUT2D eigenvalue weighted by Crippen LogP contribution is -2.24. The predicted octanol–water partition coefficient (Wildman–Crippen LogP) is 2.87. The van der Waals surface area contributed by atoms with Crippen molar-refractivity contribution in [3.63, 3.8) is 0 Å². The highest BCUT2D eigenvalue weighted by Crippen LogP contribution is 2.30. The molecule has 2 unspecified atom stereocenters. The van der Waals surface area contributed by atoms with Crippen LogP contribution in [0.2, 0.25) is 5.02 Å². The van der Waals surface area contributed by atoms with Gasteiger partial charge in [-0.1, -0.05) is 17.7 Å². The Morgan fingerprint density at radius 2 is 2.35 bits per heavy atom. The molecular weight excluding hydrogens is 274 g/mol. The first-order chi connectivity index (χ1) is 9.66. The lowest BCUT2D eigenvalue weighted by atomic mass is 9.97. The number of rotatable bonds is 3. The molecular formula is C15H18ClN3O. The zero-order valence-electron chi connectivity index (χ0n) is 11.4. The van der Waals surface area contributed by atoms with Gasteiger partial charge in [0.2, 0.25) is 0 Å². The number of halogens is 1. The molecule has 0 aliphatic carbocycles. The highest BCUT2D eigenvalue weighted by molar-refractivity contribution is 6.32. The van der Waals surface area contributed by atoms with Crippen LogP contribution in [0.4, 0.5) is 0 Å². The second kappa shape index (κ2) is 5.56. The van der Waals surface area contributed by atoms with Gasteiger partial charge in [-0.15, -0.1) is 0 Å². The topological polar surface area (TPSA) is 53.1 Å². The van der Waals surface area contributed by atoms with Crippen LogP contribution < -0.4 is 5.73 Å². The van der Waals surface area contributed by atoms with Crippen molar-refractivity contribution in [2.45, 2.75) is 19.4 Å². The summed E-state index contributed by atoms with van der Waals surface area (Å²) in [5, 5.41) is 0.708. The number of hydrogen-bond acceptors (Lipinski definition) is 3. The number of nitrogens with zero attached hydrogens (tertiary/aromatic N) is 2. The predicted molar refractivity (Wildman–Crippen MR) is 79.2 cm³/mol. The van der Waals surface area contributed by atoms with E-state index in [1.807, 2.05) is 35.9 Å². The average Bonchev–Trinajstić information content (AvgIpc) is 3.09. The summed E-state index contributed by atoms with van der Waals surface area (Å²) in [6.45, 7) is 3.53. The fraction of sp³-hybridized carbons (Fsp3) is 0.400. The van der Waals surface area contributed by atoms with E-state index in [1.165, 1.54) is 0 Å². The maximum atomic E-state index is 6.38. The Morgan fingerprint density at radius 3 is 3.05 bits per heavy atom. The fourth-order valence-electron chi connectivity index (χ4n) is 2.64. The molecule has 1 saturated heterocycles. The van der Waals surface area contributed by atoms with Crippen LogP contribution in [0.3, 0.4) is 0 Å². The van der Waals surface area contributed by atoms with Crippen LogP contribution in [0.1, 0.15) is 23.7 Å². The summed E-state index contributed by atoms with van der Waals surface area (Å²) in [4.78, 5) is 4.24. The molecule has 2 N–H and O–H groups in total. The van der Waals surface area contributed by atoms with Gasteiger partial charge >= 0.3 is 0 Å². The van der Waals surface area contributed by atoms with Crippen LogP contribution in [0.15, 0.2) is 30.7 Å². The standard InChI is InChI=1S/C15H18ClN3O/c1-10-2-3-13(12(16)6-10)19-9-18-7-14(19)15(17)11-4-5-20-8-11/h2-3,6-7,9,11,15H,4-5,8,17H2,1H3. The Balaban J connectivity index is 1.97. The molecule has 0 radical (unpaired) electrons. The van der Waals surface area contributed by atoms with Crippen LogP contribution in [0, 0.1) is 12.8 Å². The highest BCUT2D eigenvalue weighted by Gasteiger charge is 2.26. The summed E-state index contributed by atoms with van der Waals surface area (Å²) in [6, 6.07) is 5.90. The van der Waals surface area contributed by atoms with E-state index < -0.39 is 0 Å². The first-order valence-corrected chi connectivity index (χ1v) is 7.16. The molecule has 0 bridgehead atoms. The molecule has 1 aromatic heterocycles. The lowest BCUT2D eigenvalue weighted by Gasteiger charge is -2.20. The minimum atomic E-state index is -0.0858. The van der Waals surface area contributed by atoms with Crippen molar-refractivity contribution in [2.24, 2.45) is 11.7 Å². The van der Waals surface area contributed by atoms with Crippen molar-refractivity contribution < 1.29 is 4.74 Å². The van der Waals surface area contributed by atoms with Crippen LogP contribution in [-0.4, -0.2) is 22.8 Å². The Hall–Kier alpha value is -1.36. The number of nitrogens with two attached hydrogens (primary N) is 1. The highest BCUT2D eigenvalue weighted by atomic mass is 35.5. The minimum absolute atomic E-state index is 0.0858. The van der Waals surface area contributed by atoms with Crippen molar-refractivity contribution in [3.8, 4) is 5.69 Å². The van der Waals surface area contributed by atoms with Crippen LogP contribution in [0.5, 0.6) is 0 Å². The first-order valence-electron chi connectivity index (χ1n) is 6.79. The third kappa shape index (κ3) is 2.46. The van der Waals surface area contributed by atoms with Gasteiger partial charge in [0, 0.05) is 12.5 Å². The normalized spacial score (nSPS) is 20.2. The molecule has 1 aliphatic rings. The Bertz CT molecular complexity index is 605. The monoisotopic (exact) mass is 291 g/mol. The molecule has 2 atom stereocenters. The molecule has 2 heterocycles. The van der Waals surface area contributed by atoms with Gasteiger partial charge in [0.15, 0.2) is 0 Å². The van der Waals surface area contributed by atoms with Crippen molar-refractivity contribution in [1.29, 1.82) is 0 Å². The molecule has 1 aliphatic heterocycles. The molecule has 20 heavy (non-hydrogen) atoms. The molecule has 2 aromatic rings. The summed E-state index contributed by atoms with van der Waals surface area (Å²) in [6.07, 6.45) is 4.58. The molecule has 106 valence electrons. The third-order valence-corrected chi connectivity index (χ3v) is 4.15. The fourth-order valence-corrected chi connectivity index (χ4v) is 2.96. The third-order valence-electron chi connectivity index (χ3n) is 3.84.